The standard InChI is InChI=1S/C16H16N2O4.C13H17NO4/c17-13(16(21)22)9-10-5-7-11(8-6-10)18-14-4-2-1-3-12(14)15(19)20;1-9(12(15)16)14-8-7-11(13(17)18)10-5-3-2-4-6-10/h1-8,13,18H,9,17H2,(H,19,20)(H,21,22);2-6,9,11,14H,7-8H2,1H3,(H,15,16)(H,17,18)/t13-;9-,11?/m00/s1. The van der Waals surface area contributed by atoms with Crippen molar-refractivity contribution < 1.29 is 39.6 Å². The first-order valence-electron chi connectivity index (χ1n) is 12.4. The van der Waals surface area contributed by atoms with Crippen LogP contribution in [-0.4, -0.2) is 62.9 Å². The lowest BCUT2D eigenvalue weighted by atomic mass is 9.96. The zero-order valence-corrected chi connectivity index (χ0v) is 21.9. The Balaban J connectivity index is 0.000000286. The summed E-state index contributed by atoms with van der Waals surface area (Å²) >= 11 is 0. The normalized spacial score (nSPS) is 12.7. The second-order valence-electron chi connectivity index (χ2n) is 8.93. The molecule has 3 aromatic carbocycles. The summed E-state index contributed by atoms with van der Waals surface area (Å²) in [6.07, 6.45) is 0.596. The van der Waals surface area contributed by atoms with E-state index in [1.807, 2.05) is 6.07 Å². The molecule has 0 aromatic heterocycles. The molecule has 0 amide bonds. The number of anilines is 2. The van der Waals surface area contributed by atoms with E-state index < -0.39 is 41.9 Å². The molecule has 0 fully saturated rings. The van der Waals surface area contributed by atoms with Gasteiger partial charge in [-0.05, 0) is 61.7 Å². The molecule has 0 spiro atoms. The lowest BCUT2D eigenvalue weighted by Gasteiger charge is -2.14. The van der Waals surface area contributed by atoms with Crippen LogP contribution in [0.2, 0.25) is 0 Å². The molecule has 3 rings (SSSR count). The Hall–Kier alpha value is -4.74. The minimum Gasteiger partial charge on any atom is -0.481 e. The molecule has 0 bridgehead atoms. The Morgan fingerprint density at radius 2 is 1.38 bits per heavy atom. The van der Waals surface area contributed by atoms with Gasteiger partial charge in [-0.2, -0.15) is 0 Å². The van der Waals surface area contributed by atoms with Crippen LogP contribution in [0.5, 0.6) is 0 Å². The van der Waals surface area contributed by atoms with Crippen molar-refractivity contribution >= 4 is 35.3 Å². The maximum Gasteiger partial charge on any atom is 0.337 e. The summed E-state index contributed by atoms with van der Waals surface area (Å²) in [6, 6.07) is 20.9. The summed E-state index contributed by atoms with van der Waals surface area (Å²) < 4.78 is 0. The lowest BCUT2D eigenvalue weighted by molar-refractivity contribution is -0.139. The summed E-state index contributed by atoms with van der Waals surface area (Å²) in [5.41, 5.74) is 8.39. The van der Waals surface area contributed by atoms with Crippen LogP contribution in [0.3, 0.4) is 0 Å². The predicted molar refractivity (Wildman–Crippen MR) is 149 cm³/mol. The van der Waals surface area contributed by atoms with Gasteiger partial charge < -0.3 is 36.8 Å². The third kappa shape index (κ3) is 10.2. The summed E-state index contributed by atoms with van der Waals surface area (Å²) in [5.74, 6) is -4.50. The van der Waals surface area contributed by atoms with E-state index in [0.717, 1.165) is 11.1 Å². The van der Waals surface area contributed by atoms with E-state index in [-0.39, 0.29) is 12.0 Å². The van der Waals surface area contributed by atoms with E-state index in [2.05, 4.69) is 10.6 Å². The first-order chi connectivity index (χ1) is 19.0. The molecule has 0 saturated carbocycles. The Labute approximate surface area is 231 Å². The second kappa shape index (κ2) is 15.6. The topological polar surface area (TPSA) is 199 Å². The molecular weight excluding hydrogens is 518 g/mol. The molecule has 0 saturated heterocycles. The van der Waals surface area contributed by atoms with Gasteiger partial charge in [-0.25, -0.2) is 4.79 Å². The molecule has 0 radical (unpaired) electrons. The second-order valence-corrected chi connectivity index (χ2v) is 8.93. The molecule has 0 heterocycles. The van der Waals surface area contributed by atoms with E-state index in [4.69, 9.17) is 26.2 Å². The molecular formula is C29H33N3O8. The van der Waals surface area contributed by atoms with Gasteiger partial charge in [0, 0.05) is 5.69 Å². The fourth-order valence-electron chi connectivity index (χ4n) is 3.65. The van der Waals surface area contributed by atoms with Crippen molar-refractivity contribution in [1.82, 2.24) is 5.32 Å². The summed E-state index contributed by atoms with van der Waals surface area (Å²) in [7, 11) is 0. The molecule has 40 heavy (non-hydrogen) atoms. The number of hydrogen-bond donors (Lipinski definition) is 7. The fourth-order valence-corrected chi connectivity index (χ4v) is 3.65. The average Bonchev–Trinajstić information content (AvgIpc) is 2.92. The van der Waals surface area contributed by atoms with Crippen molar-refractivity contribution in [2.45, 2.75) is 37.8 Å². The Morgan fingerprint density at radius 1 is 0.775 bits per heavy atom. The third-order valence-corrected chi connectivity index (χ3v) is 5.92. The largest absolute Gasteiger partial charge is 0.481 e. The first kappa shape index (κ1) is 31.5. The number of hydrogen-bond acceptors (Lipinski definition) is 7. The van der Waals surface area contributed by atoms with E-state index in [1.165, 1.54) is 13.0 Å². The molecule has 0 aliphatic rings. The minimum atomic E-state index is -1.04. The highest BCUT2D eigenvalue weighted by atomic mass is 16.4. The Bertz CT molecular complexity index is 1280. The molecule has 3 aromatic rings. The number of para-hydroxylation sites is 1. The highest BCUT2D eigenvalue weighted by Crippen LogP contribution is 2.22. The monoisotopic (exact) mass is 551 g/mol. The minimum absolute atomic E-state index is 0.180. The van der Waals surface area contributed by atoms with Gasteiger partial charge in [-0.1, -0.05) is 54.6 Å². The van der Waals surface area contributed by atoms with Gasteiger partial charge in [0.05, 0.1) is 17.2 Å². The molecule has 0 aliphatic heterocycles. The third-order valence-electron chi connectivity index (χ3n) is 5.92. The Morgan fingerprint density at radius 3 is 1.93 bits per heavy atom. The summed E-state index contributed by atoms with van der Waals surface area (Å²) in [4.78, 5) is 43.6. The van der Waals surface area contributed by atoms with Crippen LogP contribution in [0.4, 0.5) is 11.4 Å². The molecule has 11 heteroatoms. The number of carboxylic acid groups (broad SMARTS) is 4. The van der Waals surface area contributed by atoms with Crippen LogP contribution < -0.4 is 16.4 Å². The van der Waals surface area contributed by atoms with Crippen LogP contribution in [0.15, 0.2) is 78.9 Å². The van der Waals surface area contributed by atoms with Gasteiger partial charge in [0.15, 0.2) is 0 Å². The number of rotatable bonds is 13. The van der Waals surface area contributed by atoms with Gasteiger partial charge in [0.2, 0.25) is 0 Å². The van der Waals surface area contributed by atoms with Crippen molar-refractivity contribution in [3.8, 4) is 0 Å². The molecule has 212 valence electrons. The Kier molecular flexibility index (Phi) is 12.3. The van der Waals surface area contributed by atoms with E-state index in [1.54, 1.807) is 66.7 Å². The van der Waals surface area contributed by atoms with Gasteiger partial charge in [-0.3, -0.25) is 14.4 Å². The number of nitrogens with two attached hydrogens (primary N) is 1. The molecule has 8 N–H and O–H groups in total. The maximum absolute atomic E-state index is 11.2. The van der Waals surface area contributed by atoms with Crippen molar-refractivity contribution in [3.05, 3.63) is 95.6 Å². The van der Waals surface area contributed by atoms with Crippen LogP contribution >= 0.6 is 0 Å². The number of carbonyl (C=O) groups is 4. The van der Waals surface area contributed by atoms with Gasteiger partial charge >= 0.3 is 23.9 Å². The van der Waals surface area contributed by atoms with Gasteiger partial charge in [0.25, 0.3) is 0 Å². The van der Waals surface area contributed by atoms with Crippen LogP contribution in [0, 0.1) is 0 Å². The zero-order valence-electron chi connectivity index (χ0n) is 21.9. The van der Waals surface area contributed by atoms with Crippen molar-refractivity contribution in [3.63, 3.8) is 0 Å². The number of aliphatic carboxylic acids is 3. The summed E-state index contributed by atoms with van der Waals surface area (Å²) in [6.45, 7) is 1.87. The highest BCUT2D eigenvalue weighted by Gasteiger charge is 2.20. The lowest BCUT2D eigenvalue weighted by Crippen LogP contribution is -2.35. The number of aromatic carboxylic acids is 1. The fraction of sp³-hybridized carbons (Fsp3) is 0.241. The maximum atomic E-state index is 11.2. The van der Waals surface area contributed by atoms with E-state index >= 15 is 0 Å². The average molecular weight is 552 g/mol. The predicted octanol–water partition coefficient (Wildman–Crippen LogP) is 3.39. The quantitative estimate of drug-likeness (QED) is 0.164. The number of carboxylic acids is 4. The van der Waals surface area contributed by atoms with Crippen molar-refractivity contribution in [2.75, 3.05) is 11.9 Å². The van der Waals surface area contributed by atoms with E-state index in [9.17, 15) is 19.2 Å². The van der Waals surface area contributed by atoms with Crippen LogP contribution in [-0.2, 0) is 20.8 Å². The van der Waals surface area contributed by atoms with E-state index in [0.29, 0.717) is 24.3 Å². The molecule has 3 atom stereocenters. The zero-order chi connectivity index (χ0) is 29.7. The number of benzene rings is 3. The van der Waals surface area contributed by atoms with Crippen LogP contribution in [0.1, 0.15) is 40.7 Å². The van der Waals surface area contributed by atoms with Crippen molar-refractivity contribution in [2.24, 2.45) is 5.73 Å². The van der Waals surface area contributed by atoms with Gasteiger partial charge in [0.1, 0.15) is 12.1 Å². The molecule has 1 unspecified atom stereocenters. The van der Waals surface area contributed by atoms with Crippen molar-refractivity contribution in [1.29, 1.82) is 0 Å². The SMILES string of the molecule is C[C@H](NCCC(C(=O)O)c1ccccc1)C(=O)O.N[C@@H](Cc1ccc(Nc2ccccc2C(=O)O)cc1)C(=O)O. The first-order valence-corrected chi connectivity index (χ1v) is 12.4. The molecule has 0 aliphatic carbocycles. The smallest absolute Gasteiger partial charge is 0.337 e. The summed E-state index contributed by atoms with van der Waals surface area (Å²) in [5, 5.41) is 41.6. The van der Waals surface area contributed by atoms with Gasteiger partial charge in [-0.15, -0.1) is 0 Å². The molecule has 11 nitrogen and oxygen atoms in total. The highest BCUT2D eigenvalue weighted by molar-refractivity contribution is 5.95. The van der Waals surface area contributed by atoms with Crippen LogP contribution in [0.25, 0.3) is 0 Å². The number of nitrogens with one attached hydrogen (secondary N) is 2.